The lowest BCUT2D eigenvalue weighted by molar-refractivity contribution is 0.0954. The van der Waals surface area contributed by atoms with E-state index in [-0.39, 0.29) is 16.5 Å². The summed E-state index contributed by atoms with van der Waals surface area (Å²) in [6, 6.07) is 10.7. The van der Waals surface area contributed by atoms with E-state index in [4.69, 9.17) is 11.6 Å². The summed E-state index contributed by atoms with van der Waals surface area (Å²) in [7, 11) is 0. The Bertz CT molecular complexity index is 905. The first kappa shape index (κ1) is 17.5. The van der Waals surface area contributed by atoms with Gasteiger partial charge in [0, 0.05) is 11.6 Å². The van der Waals surface area contributed by atoms with Gasteiger partial charge in [0.1, 0.15) is 21.5 Å². The highest BCUT2D eigenvalue weighted by atomic mass is 35.5. The molecule has 1 amide bonds. The quantitative estimate of drug-likeness (QED) is 0.695. The van der Waals surface area contributed by atoms with Crippen molar-refractivity contribution in [3.05, 3.63) is 75.3 Å². The maximum absolute atomic E-state index is 13.9. The van der Waals surface area contributed by atoms with Crippen LogP contribution in [-0.2, 0) is 6.54 Å². The van der Waals surface area contributed by atoms with Crippen molar-refractivity contribution >= 4 is 28.8 Å². The molecule has 0 aliphatic carbocycles. The van der Waals surface area contributed by atoms with E-state index in [0.29, 0.717) is 22.1 Å². The molecule has 0 aliphatic rings. The predicted molar refractivity (Wildman–Crippen MR) is 94.8 cm³/mol. The van der Waals surface area contributed by atoms with Crippen molar-refractivity contribution in [2.75, 3.05) is 0 Å². The Morgan fingerprint density at radius 3 is 2.44 bits per heavy atom. The molecule has 7 heteroatoms. The molecule has 1 heterocycles. The van der Waals surface area contributed by atoms with Crippen LogP contribution in [0.3, 0.4) is 0 Å². The van der Waals surface area contributed by atoms with Crippen LogP contribution in [-0.4, -0.2) is 10.9 Å². The Labute approximate surface area is 152 Å². The summed E-state index contributed by atoms with van der Waals surface area (Å²) in [6.07, 6.45) is 0. The number of nitrogens with one attached hydrogen (secondary N) is 1. The zero-order valence-electron chi connectivity index (χ0n) is 13.1. The average molecular weight is 379 g/mol. The van der Waals surface area contributed by atoms with Crippen LogP contribution in [0, 0.1) is 18.6 Å². The number of amides is 1. The monoisotopic (exact) mass is 378 g/mol. The highest BCUT2D eigenvalue weighted by Gasteiger charge is 2.20. The van der Waals surface area contributed by atoms with Crippen LogP contribution in [0.25, 0.3) is 10.6 Å². The Hall–Kier alpha value is -2.31. The number of carbonyl (C=O) groups excluding carboxylic acids is 1. The van der Waals surface area contributed by atoms with E-state index in [1.165, 1.54) is 6.07 Å². The SMILES string of the molecule is Cc1nc(-c2c(F)cccc2F)sc1C(=O)NCc1ccc(Cl)cc1. The fourth-order valence-electron chi connectivity index (χ4n) is 2.28. The molecular formula is C18H13ClF2N2OS. The van der Waals surface area contributed by atoms with E-state index in [1.807, 2.05) is 12.1 Å². The smallest absolute Gasteiger partial charge is 0.263 e. The number of aryl methyl sites for hydroxylation is 1. The maximum atomic E-state index is 13.9. The Balaban J connectivity index is 1.80. The minimum Gasteiger partial charge on any atom is -0.347 e. The van der Waals surface area contributed by atoms with Gasteiger partial charge < -0.3 is 5.32 Å². The molecule has 1 N–H and O–H groups in total. The molecule has 25 heavy (non-hydrogen) atoms. The van der Waals surface area contributed by atoms with Crippen LogP contribution in [0.4, 0.5) is 8.78 Å². The number of aromatic nitrogens is 1. The summed E-state index contributed by atoms with van der Waals surface area (Å²) in [5.74, 6) is -1.75. The van der Waals surface area contributed by atoms with Crippen molar-refractivity contribution in [1.82, 2.24) is 10.3 Å². The second-order valence-corrected chi connectivity index (χ2v) is 6.77. The predicted octanol–water partition coefficient (Wildman–Crippen LogP) is 4.98. The highest BCUT2D eigenvalue weighted by molar-refractivity contribution is 7.17. The van der Waals surface area contributed by atoms with Gasteiger partial charge in [0.2, 0.25) is 0 Å². The molecule has 0 fully saturated rings. The molecule has 3 rings (SSSR count). The zero-order chi connectivity index (χ0) is 18.0. The molecule has 0 unspecified atom stereocenters. The largest absolute Gasteiger partial charge is 0.347 e. The minimum atomic E-state index is -0.707. The molecule has 1 aromatic heterocycles. The van der Waals surface area contributed by atoms with Crippen LogP contribution in [0.1, 0.15) is 20.9 Å². The third-order valence-corrected chi connectivity index (χ3v) is 4.97. The molecule has 0 bridgehead atoms. The summed E-state index contributed by atoms with van der Waals surface area (Å²) in [5, 5.41) is 3.53. The number of hydrogen-bond donors (Lipinski definition) is 1. The Morgan fingerprint density at radius 1 is 1.16 bits per heavy atom. The van der Waals surface area contributed by atoms with Gasteiger partial charge in [0.25, 0.3) is 5.91 Å². The normalized spacial score (nSPS) is 10.7. The van der Waals surface area contributed by atoms with Gasteiger partial charge in [0.15, 0.2) is 0 Å². The number of hydrogen-bond acceptors (Lipinski definition) is 3. The third-order valence-electron chi connectivity index (χ3n) is 3.55. The van der Waals surface area contributed by atoms with E-state index >= 15 is 0 Å². The van der Waals surface area contributed by atoms with E-state index in [0.717, 1.165) is 29.0 Å². The Kier molecular flexibility index (Phi) is 5.11. The second kappa shape index (κ2) is 7.29. The summed E-state index contributed by atoms with van der Waals surface area (Å²) < 4.78 is 27.8. The van der Waals surface area contributed by atoms with Gasteiger partial charge in [0.05, 0.1) is 11.3 Å². The lowest BCUT2D eigenvalue weighted by Gasteiger charge is -2.04. The van der Waals surface area contributed by atoms with E-state index < -0.39 is 11.6 Å². The van der Waals surface area contributed by atoms with Gasteiger partial charge in [-0.1, -0.05) is 29.8 Å². The van der Waals surface area contributed by atoms with Gasteiger partial charge >= 0.3 is 0 Å². The number of carbonyl (C=O) groups is 1. The van der Waals surface area contributed by atoms with Crippen molar-refractivity contribution in [2.24, 2.45) is 0 Å². The van der Waals surface area contributed by atoms with Gasteiger partial charge in [-0.25, -0.2) is 13.8 Å². The number of thiazole rings is 1. The van der Waals surface area contributed by atoms with Crippen LogP contribution in [0.5, 0.6) is 0 Å². The lowest BCUT2D eigenvalue weighted by atomic mass is 10.2. The molecule has 0 saturated carbocycles. The average Bonchev–Trinajstić information content (AvgIpc) is 2.95. The molecule has 0 radical (unpaired) electrons. The molecule has 3 nitrogen and oxygen atoms in total. The van der Waals surface area contributed by atoms with Gasteiger partial charge in [-0.15, -0.1) is 11.3 Å². The fraction of sp³-hybridized carbons (Fsp3) is 0.111. The summed E-state index contributed by atoms with van der Waals surface area (Å²) >= 11 is 6.78. The van der Waals surface area contributed by atoms with Crippen LogP contribution in [0.15, 0.2) is 42.5 Å². The molecule has 0 aliphatic heterocycles. The number of rotatable bonds is 4. The summed E-state index contributed by atoms with van der Waals surface area (Å²) in [5.41, 5.74) is 1.10. The first-order valence-corrected chi connectivity index (χ1v) is 8.59. The molecule has 0 saturated heterocycles. The van der Waals surface area contributed by atoms with Crippen molar-refractivity contribution in [1.29, 1.82) is 0 Å². The lowest BCUT2D eigenvalue weighted by Crippen LogP contribution is -2.22. The first-order valence-electron chi connectivity index (χ1n) is 7.40. The van der Waals surface area contributed by atoms with Crippen molar-refractivity contribution < 1.29 is 13.6 Å². The minimum absolute atomic E-state index is 0.143. The maximum Gasteiger partial charge on any atom is 0.263 e. The summed E-state index contributed by atoms with van der Waals surface area (Å²) in [6.45, 7) is 1.95. The summed E-state index contributed by atoms with van der Waals surface area (Å²) in [4.78, 5) is 16.8. The molecule has 0 atom stereocenters. The highest BCUT2D eigenvalue weighted by Crippen LogP contribution is 2.31. The van der Waals surface area contributed by atoms with Crippen molar-refractivity contribution in [3.8, 4) is 10.6 Å². The Morgan fingerprint density at radius 2 is 1.80 bits per heavy atom. The standard InChI is InChI=1S/C18H13ClF2N2OS/c1-10-16(17(24)22-9-11-5-7-12(19)8-6-11)25-18(23-10)15-13(20)3-2-4-14(15)21/h2-8H,9H2,1H3,(H,22,24). The number of benzene rings is 2. The zero-order valence-corrected chi connectivity index (χ0v) is 14.7. The number of nitrogens with zero attached hydrogens (tertiary/aromatic N) is 1. The molecular weight excluding hydrogens is 366 g/mol. The van der Waals surface area contributed by atoms with Gasteiger partial charge in [-0.2, -0.15) is 0 Å². The van der Waals surface area contributed by atoms with E-state index in [1.54, 1.807) is 19.1 Å². The second-order valence-electron chi connectivity index (χ2n) is 5.34. The first-order chi connectivity index (χ1) is 12.0. The molecule has 2 aromatic carbocycles. The molecule has 128 valence electrons. The van der Waals surface area contributed by atoms with Crippen LogP contribution >= 0.6 is 22.9 Å². The van der Waals surface area contributed by atoms with Crippen LogP contribution in [0.2, 0.25) is 5.02 Å². The number of halogens is 3. The van der Waals surface area contributed by atoms with Crippen molar-refractivity contribution in [3.63, 3.8) is 0 Å². The van der Waals surface area contributed by atoms with Crippen molar-refractivity contribution in [2.45, 2.75) is 13.5 Å². The van der Waals surface area contributed by atoms with E-state index in [9.17, 15) is 13.6 Å². The van der Waals surface area contributed by atoms with Gasteiger partial charge in [-0.05, 0) is 36.8 Å². The molecule has 3 aromatic rings. The third kappa shape index (κ3) is 3.86. The van der Waals surface area contributed by atoms with E-state index in [2.05, 4.69) is 10.3 Å². The van der Waals surface area contributed by atoms with Crippen LogP contribution < -0.4 is 5.32 Å². The fourth-order valence-corrected chi connectivity index (χ4v) is 3.44. The topological polar surface area (TPSA) is 42.0 Å². The molecule has 0 spiro atoms. The van der Waals surface area contributed by atoms with Gasteiger partial charge in [-0.3, -0.25) is 4.79 Å².